The highest BCUT2D eigenvalue weighted by Gasteiger charge is 2.03. The fourth-order valence-corrected chi connectivity index (χ4v) is 2.09. The zero-order valence-electron chi connectivity index (χ0n) is 9.40. The normalized spacial score (nSPS) is 11.5. The van der Waals surface area contributed by atoms with Crippen LogP contribution < -0.4 is 10.0 Å². The number of rotatable bonds is 6. The van der Waals surface area contributed by atoms with Crippen molar-refractivity contribution in [3.63, 3.8) is 0 Å². The fraction of sp³-hybridized carbons (Fsp3) is 0.500. The van der Waals surface area contributed by atoms with Crippen LogP contribution in [0.1, 0.15) is 0 Å². The summed E-state index contributed by atoms with van der Waals surface area (Å²) < 4.78 is 24.0. The molecular formula is C8H13ClN4O2S2. The number of sulfonamides is 1. The fourth-order valence-electron chi connectivity index (χ4n) is 1.01. The van der Waals surface area contributed by atoms with Crippen LogP contribution in [0, 0.1) is 0 Å². The Hall–Kier alpha value is -0.570. The van der Waals surface area contributed by atoms with Crippen molar-refractivity contribution >= 4 is 39.2 Å². The SMILES string of the molecule is CSc1nc(Cl)cc(NCCNS(C)(=O)=O)n1. The van der Waals surface area contributed by atoms with Gasteiger partial charge in [-0.1, -0.05) is 23.4 Å². The molecular weight excluding hydrogens is 284 g/mol. The predicted octanol–water partition coefficient (Wildman–Crippen LogP) is 0.813. The van der Waals surface area contributed by atoms with Gasteiger partial charge in [0.15, 0.2) is 5.16 Å². The van der Waals surface area contributed by atoms with Crippen LogP contribution in [0.2, 0.25) is 5.15 Å². The summed E-state index contributed by atoms with van der Waals surface area (Å²) in [4.78, 5) is 8.15. The van der Waals surface area contributed by atoms with Gasteiger partial charge >= 0.3 is 0 Å². The number of thioether (sulfide) groups is 1. The van der Waals surface area contributed by atoms with Crippen LogP contribution in [0.15, 0.2) is 11.2 Å². The molecule has 1 heterocycles. The van der Waals surface area contributed by atoms with Gasteiger partial charge in [-0.2, -0.15) is 0 Å². The number of nitrogens with zero attached hydrogens (tertiary/aromatic N) is 2. The van der Waals surface area contributed by atoms with Gasteiger partial charge < -0.3 is 5.32 Å². The van der Waals surface area contributed by atoms with Crippen LogP contribution in [0.4, 0.5) is 5.82 Å². The van der Waals surface area contributed by atoms with Gasteiger partial charge in [-0.15, -0.1) is 0 Å². The molecule has 0 aliphatic heterocycles. The molecule has 0 spiro atoms. The van der Waals surface area contributed by atoms with Gasteiger partial charge in [0.1, 0.15) is 11.0 Å². The molecule has 0 saturated carbocycles. The first-order chi connectivity index (χ1) is 7.90. The number of aromatic nitrogens is 2. The van der Waals surface area contributed by atoms with Crippen LogP contribution in [0.5, 0.6) is 0 Å². The van der Waals surface area contributed by atoms with Crippen molar-refractivity contribution in [1.82, 2.24) is 14.7 Å². The number of hydrogen-bond donors (Lipinski definition) is 2. The lowest BCUT2D eigenvalue weighted by Gasteiger charge is -2.07. The molecule has 6 nitrogen and oxygen atoms in total. The standard InChI is InChI=1S/C8H13ClN4O2S2/c1-16-8-12-6(9)5-7(13-8)10-3-4-11-17(2,14)15/h5,11H,3-4H2,1-2H3,(H,10,12,13). The van der Waals surface area contributed by atoms with Crippen molar-refractivity contribution in [3.8, 4) is 0 Å². The average Bonchev–Trinajstić information content (AvgIpc) is 2.22. The molecule has 9 heteroatoms. The molecule has 0 radical (unpaired) electrons. The minimum atomic E-state index is -3.15. The summed E-state index contributed by atoms with van der Waals surface area (Å²) in [5.41, 5.74) is 0. The third kappa shape index (κ3) is 6.06. The van der Waals surface area contributed by atoms with E-state index in [0.29, 0.717) is 22.7 Å². The molecule has 0 atom stereocenters. The molecule has 0 fully saturated rings. The highest BCUT2D eigenvalue weighted by atomic mass is 35.5. The molecule has 0 aliphatic carbocycles. The molecule has 1 aromatic rings. The van der Waals surface area contributed by atoms with Crippen molar-refractivity contribution < 1.29 is 8.42 Å². The van der Waals surface area contributed by atoms with E-state index in [4.69, 9.17) is 11.6 Å². The van der Waals surface area contributed by atoms with E-state index in [1.54, 1.807) is 6.07 Å². The number of anilines is 1. The molecule has 96 valence electrons. The molecule has 0 saturated heterocycles. The van der Waals surface area contributed by atoms with Gasteiger partial charge in [-0.25, -0.2) is 23.1 Å². The first kappa shape index (κ1) is 14.5. The summed E-state index contributed by atoms with van der Waals surface area (Å²) in [5, 5.41) is 3.87. The van der Waals surface area contributed by atoms with Crippen molar-refractivity contribution in [3.05, 3.63) is 11.2 Å². The topological polar surface area (TPSA) is 84.0 Å². The highest BCUT2D eigenvalue weighted by Crippen LogP contribution is 2.16. The summed E-state index contributed by atoms with van der Waals surface area (Å²) in [7, 11) is -3.15. The molecule has 0 aliphatic rings. The van der Waals surface area contributed by atoms with E-state index in [1.165, 1.54) is 11.8 Å². The summed E-state index contributed by atoms with van der Waals surface area (Å²) in [6.45, 7) is 0.712. The van der Waals surface area contributed by atoms with Crippen molar-refractivity contribution in [1.29, 1.82) is 0 Å². The Morgan fingerprint density at radius 1 is 1.41 bits per heavy atom. The van der Waals surface area contributed by atoms with Gasteiger partial charge in [-0.05, 0) is 6.26 Å². The first-order valence-electron chi connectivity index (χ1n) is 4.68. The minimum absolute atomic E-state index is 0.287. The molecule has 1 rings (SSSR count). The van der Waals surface area contributed by atoms with Crippen LogP contribution >= 0.6 is 23.4 Å². The number of halogens is 1. The summed E-state index contributed by atoms with van der Waals surface area (Å²) in [6, 6.07) is 1.59. The summed E-state index contributed by atoms with van der Waals surface area (Å²) in [6.07, 6.45) is 2.96. The van der Waals surface area contributed by atoms with Crippen molar-refractivity contribution in [2.45, 2.75) is 5.16 Å². The molecule has 0 unspecified atom stereocenters. The minimum Gasteiger partial charge on any atom is -0.369 e. The van der Waals surface area contributed by atoms with Gasteiger partial charge in [0, 0.05) is 19.2 Å². The Balaban J connectivity index is 2.49. The van der Waals surface area contributed by atoms with E-state index in [1.807, 2.05) is 6.26 Å². The zero-order valence-corrected chi connectivity index (χ0v) is 11.8. The molecule has 0 aromatic carbocycles. The Morgan fingerprint density at radius 3 is 2.71 bits per heavy atom. The van der Waals surface area contributed by atoms with Gasteiger partial charge in [0.2, 0.25) is 10.0 Å². The number of hydrogen-bond acceptors (Lipinski definition) is 6. The quantitative estimate of drug-likeness (QED) is 0.350. The maximum atomic E-state index is 10.8. The summed E-state index contributed by atoms with van der Waals surface area (Å²) in [5.74, 6) is 0.574. The lowest BCUT2D eigenvalue weighted by Crippen LogP contribution is -2.27. The summed E-state index contributed by atoms with van der Waals surface area (Å²) >= 11 is 7.18. The van der Waals surface area contributed by atoms with E-state index in [0.717, 1.165) is 6.26 Å². The second-order valence-corrected chi connectivity index (χ2v) is 6.15. The third-order valence-corrected chi connectivity index (χ3v) is 3.12. The highest BCUT2D eigenvalue weighted by molar-refractivity contribution is 7.98. The lowest BCUT2D eigenvalue weighted by molar-refractivity contribution is 0.589. The third-order valence-electron chi connectivity index (χ3n) is 1.65. The van der Waals surface area contributed by atoms with E-state index < -0.39 is 10.0 Å². The Morgan fingerprint density at radius 2 is 2.12 bits per heavy atom. The van der Waals surface area contributed by atoms with Crippen LogP contribution in [-0.2, 0) is 10.0 Å². The van der Waals surface area contributed by atoms with E-state index >= 15 is 0 Å². The smallest absolute Gasteiger partial charge is 0.208 e. The number of nitrogens with one attached hydrogen (secondary N) is 2. The Kier molecular flexibility index (Phi) is 5.44. The van der Waals surface area contributed by atoms with Gasteiger partial charge in [0.05, 0.1) is 6.26 Å². The van der Waals surface area contributed by atoms with Gasteiger partial charge in [-0.3, -0.25) is 0 Å². The van der Waals surface area contributed by atoms with Gasteiger partial charge in [0.25, 0.3) is 0 Å². The van der Waals surface area contributed by atoms with Crippen LogP contribution in [0.25, 0.3) is 0 Å². The van der Waals surface area contributed by atoms with E-state index in [9.17, 15) is 8.42 Å². The molecule has 0 bridgehead atoms. The van der Waals surface area contributed by atoms with Crippen LogP contribution in [0.3, 0.4) is 0 Å². The molecule has 1 aromatic heterocycles. The Labute approximate surface area is 110 Å². The largest absolute Gasteiger partial charge is 0.369 e. The van der Waals surface area contributed by atoms with Crippen molar-refractivity contribution in [2.24, 2.45) is 0 Å². The van der Waals surface area contributed by atoms with Crippen LogP contribution in [-0.4, -0.2) is 44.0 Å². The molecule has 2 N–H and O–H groups in total. The predicted molar refractivity (Wildman–Crippen MR) is 70.2 cm³/mol. The molecule has 0 amide bonds. The monoisotopic (exact) mass is 296 g/mol. The lowest BCUT2D eigenvalue weighted by atomic mass is 10.5. The first-order valence-corrected chi connectivity index (χ1v) is 8.17. The average molecular weight is 297 g/mol. The van der Waals surface area contributed by atoms with E-state index in [2.05, 4.69) is 20.0 Å². The maximum Gasteiger partial charge on any atom is 0.208 e. The molecule has 17 heavy (non-hydrogen) atoms. The second kappa shape index (κ2) is 6.39. The van der Waals surface area contributed by atoms with Crippen molar-refractivity contribution in [2.75, 3.05) is 30.9 Å². The second-order valence-electron chi connectivity index (χ2n) is 3.16. The maximum absolute atomic E-state index is 10.8. The zero-order chi connectivity index (χ0) is 12.9. The van der Waals surface area contributed by atoms with E-state index in [-0.39, 0.29) is 6.54 Å². The Bertz CT molecular complexity index is 480.